The summed E-state index contributed by atoms with van der Waals surface area (Å²) in [6, 6.07) is 112. The van der Waals surface area contributed by atoms with E-state index in [0.29, 0.717) is 5.82 Å². The maximum atomic E-state index is 5.46. The van der Waals surface area contributed by atoms with E-state index in [1.807, 2.05) is 12.1 Å². The third kappa shape index (κ3) is 9.19. The molecule has 0 aliphatic heterocycles. The first kappa shape index (κ1) is 50.2. The van der Waals surface area contributed by atoms with Crippen LogP contribution < -0.4 is 0 Å². The molecule has 0 spiro atoms. The standard InChI is InChI=1S/C80H52N6/c1-7-23-53(24-8-1)70-47-61(48-71(81-70)54-25-9-2-10-26-54)59-39-41-78-68(45-59)66-35-19-21-37-76(66)85(78)64-43-63(80-83-74(57-31-15-5-16-32-57)52-75(84-80)58-33-17-6-18-34-58)44-65(51-64)86-77-38-22-20-36-67(77)69-46-60(40-42-79(69)86)62-49-72(55-27-11-3-12-28-55)82-73(50-62)56-29-13-4-14-30-56/h1-52H. The largest absolute Gasteiger partial charge is 0.309 e. The Labute approximate surface area is 498 Å². The van der Waals surface area contributed by atoms with E-state index in [0.717, 1.165) is 150 Å². The average molecular weight is 1100 g/mol. The number of nitrogens with zero attached hydrogens (tertiary/aromatic N) is 6. The highest BCUT2D eigenvalue weighted by Gasteiger charge is 2.22. The van der Waals surface area contributed by atoms with Crippen molar-refractivity contribution in [2.75, 3.05) is 0 Å². The fraction of sp³-hybridized carbons (Fsp3) is 0. The molecule has 0 radical (unpaired) electrons. The molecule has 402 valence electrons. The third-order valence-corrected chi connectivity index (χ3v) is 16.5. The van der Waals surface area contributed by atoms with Crippen LogP contribution in [-0.4, -0.2) is 29.1 Å². The summed E-state index contributed by atoms with van der Waals surface area (Å²) < 4.78 is 4.84. The number of rotatable bonds is 11. The fourth-order valence-corrected chi connectivity index (χ4v) is 12.4. The molecule has 0 atom stereocenters. The van der Waals surface area contributed by atoms with Crippen LogP contribution in [0.5, 0.6) is 0 Å². The SMILES string of the molecule is c1ccc(-c2cc(-c3ccc4c(c3)c3ccccc3n4-c3cc(-c4nc(-c5ccccc5)cc(-c5ccccc5)n4)cc(-n4c5ccccc5c5cc(-c6cc(-c7ccccc7)nc(-c7ccccc7)c6)ccc54)c3)cc(-c3ccccc3)n2)cc1. The first-order chi connectivity index (χ1) is 42.6. The summed E-state index contributed by atoms with van der Waals surface area (Å²) in [5, 5.41) is 4.59. The molecule has 6 nitrogen and oxygen atoms in total. The van der Waals surface area contributed by atoms with Crippen molar-refractivity contribution in [2.45, 2.75) is 0 Å². The second kappa shape index (κ2) is 21.3. The van der Waals surface area contributed by atoms with Crippen molar-refractivity contribution in [2.24, 2.45) is 0 Å². The molecule has 0 aliphatic carbocycles. The van der Waals surface area contributed by atoms with E-state index in [4.69, 9.17) is 19.9 Å². The number of fused-ring (bicyclic) bond motifs is 6. The van der Waals surface area contributed by atoms with Gasteiger partial charge in [-0.25, -0.2) is 19.9 Å². The average Bonchev–Trinajstić information content (AvgIpc) is 1.83. The number of para-hydroxylation sites is 2. The monoisotopic (exact) mass is 1100 g/mol. The summed E-state index contributed by atoms with van der Waals surface area (Å²) in [6.45, 7) is 0. The minimum Gasteiger partial charge on any atom is -0.309 e. The van der Waals surface area contributed by atoms with Gasteiger partial charge in [-0.2, -0.15) is 0 Å². The summed E-state index contributed by atoms with van der Waals surface area (Å²) in [5.41, 5.74) is 23.3. The third-order valence-electron chi connectivity index (χ3n) is 16.5. The highest BCUT2D eigenvalue weighted by Crippen LogP contribution is 2.42. The molecule has 0 fully saturated rings. The van der Waals surface area contributed by atoms with Crippen LogP contribution in [-0.2, 0) is 0 Å². The van der Waals surface area contributed by atoms with Crippen molar-refractivity contribution in [3.8, 4) is 113 Å². The highest BCUT2D eigenvalue weighted by atomic mass is 15.0. The van der Waals surface area contributed by atoms with Crippen molar-refractivity contribution in [3.63, 3.8) is 0 Å². The minimum absolute atomic E-state index is 0.627. The highest BCUT2D eigenvalue weighted by molar-refractivity contribution is 6.12. The van der Waals surface area contributed by atoms with Crippen LogP contribution in [0, 0.1) is 0 Å². The Morgan fingerprint density at radius 1 is 0.174 bits per heavy atom. The molecule has 86 heavy (non-hydrogen) atoms. The number of aromatic nitrogens is 6. The van der Waals surface area contributed by atoms with Crippen LogP contribution in [0.15, 0.2) is 315 Å². The second-order valence-electron chi connectivity index (χ2n) is 21.8. The van der Waals surface area contributed by atoms with Gasteiger partial charge in [-0.3, -0.25) is 0 Å². The Hall–Kier alpha value is -11.6. The lowest BCUT2D eigenvalue weighted by Gasteiger charge is -2.16. The van der Waals surface area contributed by atoms with E-state index in [2.05, 4.69) is 312 Å². The number of pyridine rings is 2. The predicted octanol–water partition coefficient (Wildman–Crippen LogP) is 20.5. The van der Waals surface area contributed by atoms with Crippen LogP contribution in [0.3, 0.4) is 0 Å². The zero-order valence-electron chi connectivity index (χ0n) is 46.7. The Morgan fingerprint density at radius 2 is 0.465 bits per heavy atom. The topological polar surface area (TPSA) is 61.4 Å². The van der Waals surface area contributed by atoms with E-state index in [9.17, 15) is 0 Å². The van der Waals surface area contributed by atoms with Crippen LogP contribution in [0.2, 0.25) is 0 Å². The molecule has 5 aromatic heterocycles. The lowest BCUT2D eigenvalue weighted by Crippen LogP contribution is -2.02. The number of hydrogen-bond donors (Lipinski definition) is 0. The summed E-state index contributed by atoms with van der Waals surface area (Å²) in [7, 11) is 0. The van der Waals surface area contributed by atoms with Crippen molar-refractivity contribution in [3.05, 3.63) is 315 Å². The van der Waals surface area contributed by atoms with Crippen molar-refractivity contribution < 1.29 is 0 Å². The number of hydrogen-bond acceptors (Lipinski definition) is 4. The van der Waals surface area contributed by atoms with Crippen LogP contribution in [0.1, 0.15) is 0 Å². The fourth-order valence-electron chi connectivity index (χ4n) is 12.4. The summed E-state index contributed by atoms with van der Waals surface area (Å²) >= 11 is 0. The Bertz CT molecular complexity index is 4760. The lowest BCUT2D eigenvalue weighted by molar-refractivity contribution is 1.12. The van der Waals surface area contributed by atoms with Crippen molar-refractivity contribution in [1.82, 2.24) is 29.1 Å². The molecular formula is C80H52N6. The summed E-state index contributed by atoms with van der Waals surface area (Å²) in [4.78, 5) is 21.4. The number of benzene rings is 11. The first-order valence-corrected chi connectivity index (χ1v) is 29.1. The Kier molecular flexibility index (Phi) is 12.4. The van der Waals surface area contributed by atoms with Gasteiger partial charge >= 0.3 is 0 Å². The summed E-state index contributed by atoms with van der Waals surface area (Å²) in [6.07, 6.45) is 0. The van der Waals surface area contributed by atoms with Crippen LogP contribution >= 0.6 is 0 Å². The van der Waals surface area contributed by atoms with E-state index >= 15 is 0 Å². The quantitative estimate of drug-likeness (QED) is 0.129. The lowest BCUT2D eigenvalue weighted by atomic mass is 9.98. The molecule has 6 heteroatoms. The van der Waals surface area contributed by atoms with Gasteiger partial charge in [0.1, 0.15) is 0 Å². The maximum absolute atomic E-state index is 5.46. The van der Waals surface area contributed by atoms with Gasteiger partial charge < -0.3 is 9.13 Å². The Morgan fingerprint density at radius 3 is 0.802 bits per heavy atom. The van der Waals surface area contributed by atoms with Gasteiger partial charge in [0, 0.05) is 71.9 Å². The van der Waals surface area contributed by atoms with E-state index in [1.54, 1.807) is 0 Å². The van der Waals surface area contributed by atoms with E-state index < -0.39 is 0 Å². The van der Waals surface area contributed by atoms with Gasteiger partial charge in [-0.1, -0.05) is 231 Å². The molecule has 5 heterocycles. The van der Waals surface area contributed by atoms with Gasteiger partial charge in [0.05, 0.1) is 56.2 Å². The molecule has 11 aromatic carbocycles. The van der Waals surface area contributed by atoms with E-state index in [-0.39, 0.29) is 0 Å². The van der Waals surface area contributed by atoms with Crippen molar-refractivity contribution in [1.29, 1.82) is 0 Å². The molecule has 16 rings (SSSR count). The molecule has 0 saturated carbocycles. The van der Waals surface area contributed by atoms with Gasteiger partial charge in [0.25, 0.3) is 0 Å². The van der Waals surface area contributed by atoms with Gasteiger partial charge in [-0.15, -0.1) is 0 Å². The predicted molar refractivity (Wildman–Crippen MR) is 355 cm³/mol. The molecule has 16 aromatic rings. The van der Waals surface area contributed by atoms with Gasteiger partial charge in [-0.05, 0) is 107 Å². The summed E-state index contributed by atoms with van der Waals surface area (Å²) in [5.74, 6) is 0.627. The zero-order chi connectivity index (χ0) is 56.9. The van der Waals surface area contributed by atoms with E-state index in [1.165, 1.54) is 0 Å². The molecular weight excluding hydrogens is 1040 g/mol. The normalized spacial score (nSPS) is 11.5. The molecule has 0 amide bonds. The maximum Gasteiger partial charge on any atom is 0.160 e. The molecule has 0 bridgehead atoms. The van der Waals surface area contributed by atoms with Crippen molar-refractivity contribution >= 4 is 43.6 Å². The van der Waals surface area contributed by atoms with Gasteiger partial charge in [0.2, 0.25) is 0 Å². The Balaban J connectivity index is 0.921. The second-order valence-corrected chi connectivity index (χ2v) is 21.8. The zero-order valence-corrected chi connectivity index (χ0v) is 46.7. The first-order valence-electron chi connectivity index (χ1n) is 29.1. The van der Waals surface area contributed by atoms with Gasteiger partial charge in [0.15, 0.2) is 5.82 Å². The van der Waals surface area contributed by atoms with Crippen LogP contribution in [0.4, 0.5) is 0 Å². The minimum atomic E-state index is 0.627. The smallest absolute Gasteiger partial charge is 0.160 e. The molecule has 0 aliphatic rings. The molecule has 0 unspecified atom stereocenters. The van der Waals surface area contributed by atoms with Crippen LogP contribution in [0.25, 0.3) is 156 Å². The molecule has 0 N–H and O–H groups in total. The molecule has 0 saturated heterocycles.